The molecule has 0 atom stereocenters. The van der Waals surface area contributed by atoms with Crippen LogP contribution in [-0.2, 0) is 14.8 Å². The highest BCUT2D eigenvalue weighted by molar-refractivity contribution is 7.89. The maximum atomic E-state index is 12.3. The molecule has 0 saturated heterocycles. The second kappa shape index (κ2) is 8.33. The maximum Gasteiger partial charge on any atom is 0.241 e. The Hall–Kier alpha value is -2.38. The van der Waals surface area contributed by atoms with Crippen LogP contribution in [0, 0.1) is 6.92 Å². The monoisotopic (exact) mass is 376 g/mol. The summed E-state index contributed by atoms with van der Waals surface area (Å²) in [5.74, 6) is 0.349. The van der Waals surface area contributed by atoms with Gasteiger partial charge in [-0.3, -0.25) is 4.79 Å². The summed E-state index contributed by atoms with van der Waals surface area (Å²) >= 11 is 0. The second-order valence-electron chi connectivity index (χ2n) is 6.30. The van der Waals surface area contributed by atoms with Crippen LogP contribution in [-0.4, -0.2) is 28.0 Å². The molecule has 26 heavy (non-hydrogen) atoms. The lowest BCUT2D eigenvalue weighted by atomic mass is 10.0. The summed E-state index contributed by atoms with van der Waals surface area (Å²) in [6.07, 6.45) is 0. The molecule has 0 aromatic heterocycles. The molecular formula is C19H24N2O4S. The summed E-state index contributed by atoms with van der Waals surface area (Å²) in [5, 5.41) is 2.66. The van der Waals surface area contributed by atoms with Crippen molar-refractivity contribution in [2.75, 3.05) is 19.0 Å². The van der Waals surface area contributed by atoms with Crippen molar-refractivity contribution < 1.29 is 17.9 Å². The lowest BCUT2D eigenvalue weighted by molar-refractivity contribution is -0.115. The van der Waals surface area contributed by atoms with E-state index in [1.165, 1.54) is 7.11 Å². The summed E-state index contributed by atoms with van der Waals surface area (Å²) in [4.78, 5) is 12.2. The van der Waals surface area contributed by atoms with Crippen LogP contribution in [0.2, 0.25) is 0 Å². The second-order valence-corrected chi connectivity index (χ2v) is 8.07. The Morgan fingerprint density at radius 2 is 1.77 bits per heavy atom. The fourth-order valence-electron chi connectivity index (χ4n) is 2.39. The average molecular weight is 376 g/mol. The molecule has 2 rings (SSSR count). The summed E-state index contributed by atoms with van der Waals surface area (Å²) in [6, 6.07) is 12.0. The third-order valence-corrected chi connectivity index (χ3v) is 5.33. The van der Waals surface area contributed by atoms with Crippen LogP contribution in [0.25, 0.3) is 0 Å². The SMILES string of the molecule is COc1ccc(C)cc1NC(=O)CNS(=O)(=O)c1ccc(C(C)C)cc1. The van der Waals surface area contributed by atoms with Crippen LogP contribution >= 0.6 is 0 Å². The number of rotatable bonds is 7. The molecule has 1 amide bonds. The van der Waals surface area contributed by atoms with E-state index in [2.05, 4.69) is 10.0 Å². The number of ether oxygens (including phenoxy) is 1. The van der Waals surface area contributed by atoms with Gasteiger partial charge in [0.05, 0.1) is 24.2 Å². The summed E-state index contributed by atoms with van der Waals surface area (Å²) in [6.45, 7) is 5.58. The molecule has 0 spiro atoms. The first-order chi connectivity index (χ1) is 12.2. The Bertz CT molecular complexity index is 875. The van der Waals surface area contributed by atoms with Gasteiger partial charge >= 0.3 is 0 Å². The lowest BCUT2D eigenvalue weighted by Crippen LogP contribution is -2.33. The van der Waals surface area contributed by atoms with Crippen molar-refractivity contribution in [1.29, 1.82) is 0 Å². The van der Waals surface area contributed by atoms with Gasteiger partial charge < -0.3 is 10.1 Å². The molecule has 0 aliphatic heterocycles. The zero-order valence-corrected chi connectivity index (χ0v) is 16.2. The van der Waals surface area contributed by atoms with Crippen molar-refractivity contribution in [3.05, 3.63) is 53.6 Å². The van der Waals surface area contributed by atoms with Crippen LogP contribution in [0.3, 0.4) is 0 Å². The molecule has 0 unspecified atom stereocenters. The molecule has 0 fully saturated rings. The number of amides is 1. The van der Waals surface area contributed by atoms with E-state index in [-0.39, 0.29) is 11.4 Å². The van der Waals surface area contributed by atoms with Gasteiger partial charge in [-0.15, -0.1) is 0 Å². The fourth-order valence-corrected chi connectivity index (χ4v) is 3.37. The Morgan fingerprint density at radius 1 is 1.12 bits per heavy atom. The highest BCUT2D eigenvalue weighted by Gasteiger charge is 2.16. The van der Waals surface area contributed by atoms with E-state index in [1.807, 2.05) is 26.8 Å². The van der Waals surface area contributed by atoms with Gasteiger partial charge in [-0.1, -0.05) is 32.0 Å². The van der Waals surface area contributed by atoms with Crippen LogP contribution in [0.4, 0.5) is 5.69 Å². The van der Waals surface area contributed by atoms with E-state index < -0.39 is 15.9 Å². The van der Waals surface area contributed by atoms with Crippen LogP contribution in [0.1, 0.15) is 30.9 Å². The van der Waals surface area contributed by atoms with E-state index in [0.29, 0.717) is 17.4 Å². The normalized spacial score (nSPS) is 11.4. The number of carbonyl (C=O) groups is 1. The number of methoxy groups -OCH3 is 1. The molecule has 140 valence electrons. The molecule has 0 heterocycles. The quantitative estimate of drug-likeness (QED) is 0.778. The zero-order chi connectivity index (χ0) is 19.3. The van der Waals surface area contributed by atoms with Gasteiger partial charge in [-0.25, -0.2) is 13.1 Å². The minimum Gasteiger partial charge on any atom is -0.495 e. The predicted octanol–water partition coefficient (Wildman–Crippen LogP) is 3.04. The van der Waals surface area contributed by atoms with E-state index in [9.17, 15) is 13.2 Å². The molecular weight excluding hydrogens is 352 g/mol. The first kappa shape index (κ1) is 19.9. The standard InChI is InChI=1S/C19H24N2O4S/c1-13(2)15-6-8-16(9-7-15)26(23,24)20-12-19(22)21-17-11-14(3)5-10-18(17)25-4/h5-11,13,20H,12H2,1-4H3,(H,21,22). The van der Waals surface area contributed by atoms with Gasteiger partial charge in [0.25, 0.3) is 0 Å². The van der Waals surface area contributed by atoms with Gasteiger partial charge in [-0.05, 0) is 48.2 Å². The highest BCUT2D eigenvalue weighted by Crippen LogP contribution is 2.25. The highest BCUT2D eigenvalue weighted by atomic mass is 32.2. The van der Waals surface area contributed by atoms with Crippen molar-refractivity contribution in [3.63, 3.8) is 0 Å². The number of hydrogen-bond donors (Lipinski definition) is 2. The molecule has 2 aromatic rings. The van der Waals surface area contributed by atoms with Gasteiger partial charge in [0.2, 0.25) is 15.9 Å². The van der Waals surface area contributed by atoms with Gasteiger partial charge in [0.1, 0.15) is 5.75 Å². The molecule has 0 radical (unpaired) electrons. The van der Waals surface area contributed by atoms with E-state index in [0.717, 1.165) is 11.1 Å². The molecule has 6 nitrogen and oxygen atoms in total. The molecule has 0 bridgehead atoms. The Balaban J connectivity index is 2.03. The number of anilines is 1. The molecule has 2 aromatic carbocycles. The van der Waals surface area contributed by atoms with Crippen molar-refractivity contribution in [2.24, 2.45) is 0 Å². The number of benzene rings is 2. The Kier molecular flexibility index (Phi) is 6.39. The van der Waals surface area contributed by atoms with Gasteiger partial charge in [-0.2, -0.15) is 0 Å². The number of sulfonamides is 1. The zero-order valence-electron chi connectivity index (χ0n) is 15.4. The van der Waals surface area contributed by atoms with Crippen LogP contribution in [0.15, 0.2) is 47.4 Å². The van der Waals surface area contributed by atoms with Crippen molar-refractivity contribution in [1.82, 2.24) is 4.72 Å². The number of carbonyl (C=O) groups excluding carboxylic acids is 1. The van der Waals surface area contributed by atoms with E-state index in [1.54, 1.807) is 36.4 Å². The molecule has 0 saturated carbocycles. The molecule has 2 N–H and O–H groups in total. The summed E-state index contributed by atoms with van der Waals surface area (Å²) in [7, 11) is -2.25. The average Bonchev–Trinajstić information content (AvgIpc) is 2.60. The minimum atomic E-state index is -3.76. The molecule has 0 aliphatic carbocycles. The lowest BCUT2D eigenvalue weighted by Gasteiger charge is -2.12. The van der Waals surface area contributed by atoms with Crippen molar-refractivity contribution in [2.45, 2.75) is 31.6 Å². The smallest absolute Gasteiger partial charge is 0.241 e. The van der Waals surface area contributed by atoms with Crippen molar-refractivity contribution in [3.8, 4) is 5.75 Å². The first-order valence-electron chi connectivity index (χ1n) is 8.27. The van der Waals surface area contributed by atoms with Crippen molar-refractivity contribution >= 4 is 21.6 Å². The Morgan fingerprint density at radius 3 is 2.35 bits per heavy atom. The third kappa shape index (κ3) is 5.06. The molecule has 7 heteroatoms. The first-order valence-corrected chi connectivity index (χ1v) is 9.75. The van der Waals surface area contributed by atoms with Gasteiger partial charge in [0, 0.05) is 0 Å². The largest absolute Gasteiger partial charge is 0.495 e. The van der Waals surface area contributed by atoms with E-state index in [4.69, 9.17) is 4.74 Å². The van der Waals surface area contributed by atoms with E-state index >= 15 is 0 Å². The predicted molar refractivity (Wildman–Crippen MR) is 102 cm³/mol. The number of nitrogens with one attached hydrogen (secondary N) is 2. The number of hydrogen-bond acceptors (Lipinski definition) is 4. The maximum absolute atomic E-state index is 12.3. The van der Waals surface area contributed by atoms with Gasteiger partial charge in [0.15, 0.2) is 0 Å². The summed E-state index contributed by atoms with van der Waals surface area (Å²) in [5.41, 5.74) is 2.50. The van der Waals surface area contributed by atoms with Crippen LogP contribution in [0.5, 0.6) is 5.75 Å². The minimum absolute atomic E-state index is 0.128. The third-order valence-electron chi connectivity index (χ3n) is 3.91. The molecule has 0 aliphatic rings. The number of aryl methyl sites for hydroxylation is 1. The fraction of sp³-hybridized carbons (Fsp3) is 0.316. The Labute approximate surface area is 154 Å². The summed E-state index contributed by atoms with van der Waals surface area (Å²) < 4.78 is 32.2. The topological polar surface area (TPSA) is 84.5 Å². The van der Waals surface area contributed by atoms with Crippen LogP contribution < -0.4 is 14.8 Å².